The summed E-state index contributed by atoms with van der Waals surface area (Å²) in [7, 11) is 0. The molecule has 7 heteroatoms. The van der Waals surface area contributed by atoms with Crippen molar-refractivity contribution < 1.29 is 18.7 Å². The molecule has 2 heterocycles. The molecule has 2 rings (SSSR count). The van der Waals surface area contributed by atoms with Gasteiger partial charge >= 0.3 is 0 Å². The van der Waals surface area contributed by atoms with Crippen LogP contribution in [-0.4, -0.2) is 57.3 Å². The molecule has 1 saturated heterocycles. The summed E-state index contributed by atoms with van der Waals surface area (Å²) in [6, 6.07) is -0.465. The summed E-state index contributed by atoms with van der Waals surface area (Å²) in [5.74, 6) is -2.62. The number of β-amino-alcohol motifs (C(OH)–C–C–N with tert-alkyl or cyclic N) is 1. The number of hydrogen-bond acceptors (Lipinski definition) is 4. The number of alkyl halides is 2. The molecule has 114 valence electrons. The Bertz CT molecular complexity index is 435. The van der Waals surface area contributed by atoms with E-state index in [0.29, 0.717) is 18.1 Å². The number of rotatable bonds is 3. The number of thioether (sulfide) groups is 1. The lowest BCUT2D eigenvalue weighted by molar-refractivity contribution is -0.130. The molecule has 1 N–H and O–H groups in total. The lowest BCUT2D eigenvalue weighted by atomic mass is 10.1. The highest BCUT2D eigenvalue weighted by atomic mass is 32.2. The molecule has 0 aliphatic carbocycles. The third-order valence-electron chi connectivity index (χ3n) is 3.35. The van der Waals surface area contributed by atoms with E-state index in [1.165, 1.54) is 16.7 Å². The number of halogens is 2. The second-order valence-electron chi connectivity index (χ2n) is 6.15. The molecule has 0 unspecified atom stereocenters. The Hall–Kier alpha value is -0.820. The largest absolute Gasteiger partial charge is 0.389 e. The van der Waals surface area contributed by atoms with Crippen molar-refractivity contribution in [2.24, 2.45) is 0 Å². The second-order valence-corrected chi connectivity index (χ2v) is 6.98. The zero-order chi connectivity index (χ0) is 15.1. The first-order chi connectivity index (χ1) is 9.09. The zero-order valence-electron chi connectivity index (χ0n) is 11.9. The number of carbonyl (C=O) groups is 1. The van der Waals surface area contributed by atoms with Gasteiger partial charge in [0.05, 0.1) is 18.0 Å². The first-order valence-electron chi connectivity index (χ1n) is 6.57. The molecule has 0 aromatic rings. The Labute approximate surface area is 121 Å². The van der Waals surface area contributed by atoms with Crippen LogP contribution in [0.2, 0.25) is 0 Å². The second kappa shape index (κ2) is 5.18. The topological polar surface area (TPSA) is 43.8 Å². The van der Waals surface area contributed by atoms with E-state index in [4.69, 9.17) is 0 Å². The first kappa shape index (κ1) is 15.6. The van der Waals surface area contributed by atoms with Gasteiger partial charge < -0.3 is 14.9 Å². The van der Waals surface area contributed by atoms with Gasteiger partial charge in [0.15, 0.2) is 0 Å². The van der Waals surface area contributed by atoms with Gasteiger partial charge in [-0.1, -0.05) is 0 Å². The Morgan fingerprint density at radius 1 is 1.60 bits per heavy atom. The van der Waals surface area contributed by atoms with Crippen LogP contribution in [0.4, 0.5) is 8.78 Å². The fourth-order valence-electron chi connectivity index (χ4n) is 2.56. The first-order valence-corrected chi connectivity index (χ1v) is 7.62. The van der Waals surface area contributed by atoms with Crippen molar-refractivity contribution in [3.8, 4) is 0 Å². The average molecular weight is 306 g/mol. The quantitative estimate of drug-likeness (QED) is 0.864. The van der Waals surface area contributed by atoms with Gasteiger partial charge in [0.25, 0.3) is 11.8 Å². The van der Waals surface area contributed by atoms with Gasteiger partial charge in [0.1, 0.15) is 5.70 Å². The predicted octanol–water partition coefficient (Wildman–Crippen LogP) is 1.86. The molecular weight excluding hydrogens is 286 g/mol. The summed E-state index contributed by atoms with van der Waals surface area (Å²) in [4.78, 5) is 15.4. The lowest BCUT2D eigenvalue weighted by Gasteiger charge is -2.30. The van der Waals surface area contributed by atoms with Crippen molar-refractivity contribution in [2.45, 2.75) is 44.8 Å². The summed E-state index contributed by atoms with van der Waals surface area (Å²) < 4.78 is 26.8. The number of amides is 1. The molecule has 0 saturated carbocycles. The van der Waals surface area contributed by atoms with E-state index in [9.17, 15) is 18.7 Å². The molecule has 2 aliphatic rings. The van der Waals surface area contributed by atoms with Crippen molar-refractivity contribution in [3.63, 3.8) is 0 Å². The highest BCUT2D eigenvalue weighted by Gasteiger charge is 2.46. The highest BCUT2D eigenvalue weighted by molar-refractivity contribution is 8.02. The fourth-order valence-corrected chi connectivity index (χ4v) is 3.46. The maximum Gasteiger partial charge on any atom is 0.271 e. The van der Waals surface area contributed by atoms with Gasteiger partial charge in [-0.25, -0.2) is 8.78 Å². The minimum Gasteiger partial charge on any atom is -0.389 e. The van der Waals surface area contributed by atoms with Crippen molar-refractivity contribution in [1.82, 2.24) is 9.80 Å². The van der Waals surface area contributed by atoms with Crippen LogP contribution in [0.25, 0.3) is 0 Å². The molecule has 0 aromatic carbocycles. The summed E-state index contributed by atoms with van der Waals surface area (Å²) >= 11 is 1.44. The molecule has 1 fully saturated rings. The van der Waals surface area contributed by atoms with E-state index in [-0.39, 0.29) is 12.3 Å². The van der Waals surface area contributed by atoms with E-state index < -0.39 is 24.1 Å². The van der Waals surface area contributed by atoms with Crippen LogP contribution in [0.1, 0.15) is 27.2 Å². The Morgan fingerprint density at radius 2 is 2.25 bits per heavy atom. The minimum absolute atomic E-state index is 0.287. The van der Waals surface area contributed by atoms with Crippen LogP contribution in [0.3, 0.4) is 0 Å². The van der Waals surface area contributed by atoms with Gasteiger partial charge in [-0.15, -0.1) is 11.8 Å². The molecule has 0 aromatic heterocycles. The SMILES string of the molecule is C[C@H]1CC(F)(F)CN1C(=O)C1=CSCN1CC(C)(C)O. The van der Waals surface area contributed by atoms with Crippen LogP contribution in [-0.2, 0) is 4.79 Å². The summed E-state index contributed by atoms with van der Waals surface area (Å²) in [6.07, 6.45) is -0.287. The molecule has 1 atom stereocenters. The van der Waals surface area contributed by atoms with Crippen molar-refractivity contribution in [1.29, 1.82) is 0 Å². The van der Waals surface area contributed by atoms with Crippen LogP contribution in [0.5, 0.6) is 0 Å². The maximum atomic E-state index is 13.4. The van der Waals surface area contributed by atoms with Crippen molar-refractivity contribution in [3.05, 3.63) is 11.1 Å². The average Bonchev–Trinajstić information content (AvgIpc) is 2.79. The van der Waals surface area contributed by atoms with Crippen LogP contribution < -0.4 is 0 Å². The third kappa shape index (κ3) is 3.44. The number of hydrogen-bond donors (Lipinski definition) is 1. The van der Waals surface area contributed by atoms with E-state index >= 15 is 0 Å². The lowest BCUT2D eigenvalue weighted by Crippen LogP contribution is -2.43. The molecule has 0 bridgehead atoms. The normalized spacial score (nSPS) is 26.1. The van der Waals surface area contributed by atoms with Crippen LogP contribution in [0, 0.1) is 0 Å². The zero-order valence-corrected chi connectivity index (χ0v) is 12.7. The smallest absolute Gasteiger partial charge is 0.271 e. The highest BCUT2D eigenvalue weighted by Crippen LogP contribution is 2.34. The van der Waals surface area contributed by atoms with E-state index in [1.54, 1.807) is 31.1 Å². The van der Waals surface area contributed by atoms with E-state index in [2.05, 4.69) is 0 Å². The Kier molecular flexibility index (Phi) is 4.03. The maximum absolute atomic E-state index is 13.4. The van der Waals surface area contributed by atoms with Gasteiger partial charge in [-0.05, 0) is 20.8 Å². The van der Waals surface area contributed by atoms with Gasteiger partial charge in [0, 0.05) is 24.4 Å². The Balaban J connectivity index is 2.09. The summed E-state index contributed by atoms with van der Waals surface area (Å²) in [5.41, 5.74) is -0.535. The van der Waals surface area contributed by atoms with Crippen molar-refractivity contribution in [2.75, 3.05) is 19.0 Å². The fraction of sp³-hybridized carbons (Fsp3) is 0.769. The summed E-state index contributed by atoms with van der Waals surface area (Å²) in [5, 5.41) is 11.5. The van der Waals surface area contributed by atoms with Gasteiger partial charge in [-0.2, -0.15) is 0 Å². The molecule has 20 heavy (non-hydrogen) atoms. The van der Waals surface area contributed by atoms with Crippen LogP contribution >= 0.6 is 11.8 Å². The van der Waals surface area contributed by atoms with E-state index in [1.807, 2.05) is 0 Å². The molecule has 0 spiro atoms. The predicted molar refractivity (Wildman–Crippen MR) is 74.3 cm³/mol. The number of aliphatic hydroxyl groups is 1. The number of likely N-dealkylation sites (tertiary alicyclic amines) is 1. The molecule has 1 amide bonds. The molecule has 4 nitrogen and oxygen atoms in total. The van der Waals surface area contributed by atoms with Crippen molar-refractivity contribution >= 4 is 17.7 Å². The molecular formula is C13H20F2N2O2S. The molecule has 0 radical (unpaired) electrons. The number of carbonyl (C=O) groups excluding carboxylic acids is 1. The third-order valence-corrected chi connectivity index (χ3v) is 4.20. The monoisotopic (exact) mass is 306 g/mol. The number of nitrogens with zero attached hydrogens (tertiary/aromatic N) is 2. The van der Waals surface area contributed by atoms with Gasteiger partial charge in [-0.3, -0.25) is 4.79 Å². The minimum atomic E-state index is -2.80. The summed E-state index contributed by atoms with van der Waals surface area (Å²) in [6.45, 7) is 4.73. The van der Waals surface area contributed by atoms with E-state index in [0.717, 1.165) is 0 Å². The Morgan fingerprint density at radius 3 is 2.75 bits per heavy atom. The standard InChI is InChI=1S/C13H20F2N2O2S/c1-9-4-13(14,15)7-17(9)11(18)10-5-20-8-16(10)6-12(2,3)19/h5,9,19H,4,6-8H2,1-3H3/t9-/m0/s1. The van der Waals surface area contributed by atoms with Gasteiger partial charge in [0.2, 0.25) is 0 Å². The van der Waals surface area contributed by atoms with Crippen LogP contribution in [0.15, 0.2) is 11.1 Å². The molecule has 2 aliphatic heterocycles.